The Hall–Kier alpha value is -0.880. The third kappa shape index (κ3) is 4.95. The van der Waals surface area contributed by atoms with Gasteiger partial charge in [0, 0.05) is 12.2 Å². The van der Waals surface area contributed by atoms with E-state index >= 15 is 0 Å². The van der Waals surface area contributed by atoms with Gasteiger partial charge in [-0.3, -0.25) is 10.3 Å². The zero-order valence-corrected chi connectivity index (χ0v) is 11.6. The molecule has 7 heteroatoms. The maximum atomic E-state index is 12.5. The highest BCUT2D eigenvalue weighted by atomic mass is 35.5. The van der Waals surface area contributed by atoms with Gasteiger partial charge in [-0.05, 0) is 23.4 Å². The number of benzene rings is 1. The van der Waals surface area contributed by atoms with E-state index in [4.69, 9.17) is 0 Å². The Morgan fingerprint density at radius 1 is 1.32 bits per heavy atom. The molecular weight excluding hydrogens is 297 g/mol. The maximum Gasteiger partial charge on any atom is 0.416 e. The molecule has 2 nitrogen and oxygen atoms in total. The molecule has 2 rings (SSSR count). The molecule has 0 radical (unpaired) electrons. The third-order valence-electron chi connectivity index (χ3n) is 2.56. The molecule has 0 bridgehead atoms. The molecule has 19 heavy (non-hydrogen) atoms. The number of amidine groups is 1. The average molecular weight is 311 g/mol. The second-order valence-corrected chi connectivity index (χ2v) is 5.01. The van der Waals surface area contributed by atoms with Crippen LogP contribution in [0.2, 0.25) is 0 Å². The van der Waals surface area contributed by atoms with Crippen molar-refractivity contribution in [2.45, 2.75) is 18.3 Å². The van der Waals surface area contributed by atoms with Gasteiger partial charge in [0.25, 0.3) is 0 Å². The summed E-state index contributed by atoms with van der Waals surface area (Å²) in [4.78, 5) is 3.18. The molecule has 1 aromatic carbocycles. The zero-order chi connectivity index (χ0) is 13.0. The maximum absolute atomic E-state index is 12.5. The molecule has 0 spiro atoms. The Kier molecular flexibility index (Phi) is 6.00. The number of halogens is 4. The summed E-state index contributed by atoms with van der Waals surface area (Å²) in [5.41, 5.74) is 0.0895. The van der Waals surface area contributed by atoms with E-state index in [2.05, 4.69) is 10.3 Å². The van der Waals surface area contributed by atoms with Crippen LogP contribution < -0.4 is 22.7 Å². The SMILES string of the molecule is FC(F)(F)c1cccc(CSC2=[NH+]CCCN2)c1.[Cl-]. The van der Waals surface area contributed by atoms with Crippen LogP contribution in [-0.4, -0.2) is 18.3 Å². The minimum absolute atomic E-state index is 0. The number of hydrogen-bond acceptors (Lipinski definition) is 2. The van der Waals surface area contributed by atoms with Crippen molar-refractivity contribution >= 4 is 16.9 Å². The monoisotopic (exact) mass is 310 g/mol. The number of thioether (sulfide) groups is 1. The van der Waals surface area contributed by atoms with E-state index in [9.17, 15) is 13.2 Å². The summed E-state index contributed by atoms with van der Waals surface area (Å²) in [6, 6.07) is 5.46. The second-order valence-electron chi connectivity index (χ2n) is 4.02. The van der Waals surface area contributed by atoms with Crippen molar-refractivity contribution < 1.29 is 30.6 Å². The van der Waals surface area contributed by atoms with Gasteiger partial charge in [0.05, 0.1) is 18.7 Å². The van der Waals surface area contributed by atoms with Gasteiger partial charge in [-0.15, -0.1) is 0 Å². The minimum atomic E-state index is -4.27. The van der Waals surface area contributed by atoms with Crippen LogP contribution in [0, 0.1) is 0 Å². The Balaban J connectivity index is 0.00000180. The van der Waals surface area contributed by atoms with E-state index in [1.807, 2.05) is 0 Å². The van der Waals surface area contributed by atoms with Gasteiger partial charge in [-0.1, -0.05) is 18.2 Å². The fourth-order valence-corrected chi connectivity index (χ4v) is 2.55. The molecule has 1 heterocycles. The molecule has 0 aromatic heterocycles. The molecule has 1 aromatic rings. The molecule has 106 valence electrons. The molecule has 0 unspecified atom stereocenters. The van der Waals surface area contributed by atoms with Crippen LogP contribution in [0.25, 0.3) is 0 Å². The van der Waals surface area contributed by atoms with Crippen molar-refractivity contribution in [3.63, 3.8) is 0 Å². The summed E-state index contributed by atoms with van der Waals surface area (Å²) in [6.07, 6.45) is -3.21. The number of hydrogen-bond donors (Lipinski definition) is 2. The van der Waals surface area contributed by atoms with Crippen LogP contribution >= 0.6 is 11.8 Å². The van der Waals surface area contributed by atoms with E-state index in [-0.39, 0.29) is 12.4 Å². The fraction of sp³-hybridized carbons (Fsp3) is 0.417. The van der Waals surface area contributed by atoms with Crippen molar-refractivity contribution in [3.8, 4) is 0 Å². The van der Waals surface area contributed by atoms with Crippen LogP contribution in [0.1, 0.15) is 17.5 Å². The summed E-state index contributed by atoms with van der Waals surface area (Å²) < 4.78 is 37.6. The minimum Gasteiger partial charge on any atom is -1.00 e. The highest BCUT2D eigenvalue weighted by molar-refractivity contribution is 8.12. The predicted octanol–water partition coefficient (Wildman–Crippen LogP) is -1.63. The van der Waals surface area contributed by atoms with Gasteiger partial charge >= 0.3 is 11.3 Å². The van der Waals surface area contributed by atoms with Gasteiger partial charge in [0.2, 0.25) is 0 Å². The largest absolute Gasteiger partial charge is 1.00 e. The Morgan fingerprint density at radius 3 is 2.74 bits per heavy atom. The first-order valence-electron chi connectivity index (χ1n) is 5.69. The van der Waals surface area contributed by atoms with Gasteiger partial charge in [-0.25, -0.2) is 0 Å². The van der Waals surface area contributed by atoms with Crippen molar-refractivity contribution in [1.82, 2.24) is 5.32 Å². The highest BCUT2D eigenvalue weighted by Crippen LogP contribution is 2.30. The summed E-state index contributed by atoms with van der Waals surface area (Å²) in [5.74, 6) is 0.527. The lowest BCUT2D eigenvalue weighted by molar-refractivity contribution is -0.460. The third-order valence-corrected chi connectivity index (χ3v) is 3.62. The van der Waals surface area contributed by atoms with Crippen molar-refractivity contribution in [2.24, 2.45) is 0 Å². The van der Waals surface area contributed by atoms with E-state index in [0.29, 0.717) is 11.3 Å². The highest BCUT2D eigenvalue weighted by Gasteiger charge is 2.30. The van der Waals surface area contributed by atoms with Crippen molar-refractivity contribution in [3.05, 3.63) is 35.4 Å². The summed E-state index contributed by atoms with van der Waals surface area (Å²) in [7, 11) is 0. The number of nitrogens with one attached hydrogen (secondary N) is 2. The first-order chi connectivity index (χ1) is 8.55. The Morgan fingerprint density at radius 2 is 2.11 bits per heavy atom. The van der Waals surface area contributed by atoms with Crippen LogP contribution in [0.15, 0.2) is 24.3 Å². The topological polar surface area (TPSA) is 26.0 Å². The van der Waals surface area contributed by atoms with Crippen LogP contribution in [0.4, 0.5) is 13.2 Å². The second kappa shape index (κ2) is 7.05. The van der Waals surface area contributed by atoms with E-state index in [0.717, 1.165) is 30.7 Å². The molecule has 0 amide bonds. The van der Waals surface area contributed by atoms with Gasteiger partial charge in [0.15, 0.2) is 0 Å². The van der Waals surface area contributed by atoms with Gasteiger partial charge in [0.1, 0.15) is 0 Å². The smallest absolute Gasteiger partial charge is 0.416 e. The molecule has 0 atom stereocenters. The fourth-order valence-electron chi connectivity index (χ4n) is 1.65. The molecular formula is C12H14ClF3N2S. The number of rotatable bonds is 2. The summed E-state index contributed by atoms with van der Waals surface area (Å²) in [6.45, 7) is 1.83. The Labute approximate surface area is 120 Å². The first kappa shape index (κ1) is 16.2. The molecule has 2 N–H and O–H groups in total. The number of alkyl halides is 3. The van der Waals surface area contributed by atoms with E-state index in [1.54, 1.807) is 6.07 Å². The van der Waals surface area contributed by atoms with Crippen LogP contribution in [-0.2, 0) is 11.9 Å². The molecule has 0 saturated carbocycles. The van der Waals surface area contributed by atoms with Gasteiger partial charge < -0.3 is 12.4 Å². The Bertz CT molecular complexity index is 449. The molecule has 1 aliphatic rings. The standard InChI is InChI=1S/C12H13F3N2S.ClH/c13-12(14,15)10-4-1-3-9(7-10)8-18-11-16-5-2-6-17-11;/h1,3-4,7H,2,5-6,8H2,(H,16,17);1H. The van der Waals surface area contributed by atoms with Crippen molar-refractivity contribution in [1.29, 1.82) is 0 Å². The lowest BCUT2D eigenvalue weighted by atomic mass is 10.1. The summed E-state index contributed by atoms with van der Waals surface area (Å²) in [5, 5.41) is 4.12. The average Bonchev–Trinajstić information content (AvgIpc) is 2.37. The van der Waals surface area contributed by atoms with Crippen molar-refractivity contribution in [2.75, 3.05) is 13.1 Å². The molecule has 0 saturated heterocycles. The van der Waals surface area contributed by atoms with Gasteiger partial charge in [-0.2, -0.15) is 13.2 Å². The van der Waals surface area contributed by atoms with E-state index in [1.165, 1.54) is 23.9 Å². The summed E-state index contributed by atoms with van der Waals surface area (Å²) >= 11 is 1.50. The van der Waals surface area contributed by atoms with E-state index < -0.39 is 11.7 Å². The predicted molar refractivity (Wildman–Crippen MR) is 66.2 cm³/mol. The molecule has 1 aliphatic heterocycles. The quantitative estimate of drug-likeness (QED) is 0.686. The lowest BCUT2D eigenvalue weighted by Crippen LogP contribution is -3.00. The van der Waals surface area contributed by atoms with Crippen LogP contribution in [0.5, 0.6) is 0 Å². The van der Waals surface area contributed by atoms with Crippen LogP contribution in [0.3, 0.4) is 0 Å². The molecule has 0 aliphatic carbocycles. The molecule has 0 fully saturated rings. The zero-order valence-electron chi connectivity index (χ0n) is 10.1. The lowest BCUT2D eigenvalue weighted by Gasteiger charge is -2.09. The normalized spacial score (nSPS) is 15.2. The first-order valence-corrected chi connectivity index (χ1v) is 6.68.